The molecule has 116 valence electrons. The third-order valence-electron chi connectivity index (χ3n) is 3.25. The zero-order chi connectivity index (χ0) is 15.2. The Balaban J connectivity index is 1.78. The van der Waals surface area contributed by atoms with Crippen LogP contribution in [0.2, 0.25) is 5.02 Å². The van der Waals surface area contributed by atoms with Gasteiger partial charge in [-0.3, -0.25) is 9.69 Å². The van der Waals surface area contributed by atoms with Crippen LogP contribution in [0.25, 0.3) is 0 Å². The third-order valence-corrected chi connectivity index (χ3v) is 3.54. The molecular formula is C14H18ClFN2O3. The Morgan fingerprint density at radius 1 is 1.48 bits per heavy atom. The van der Waals surface area contributed by atoms with Gasteiger partial charge in [-0.05, 0) is 18.2 Å². The topological polar surface area (TPSA) is 61.8 Å². The number of ether oxygens (including phenoxy) is 1. The average molecular weight is 317 g/mol. The Kier molecular flexibility index (Phi) is 5.93. The fourth-order valence-corrected chi connectivity index (χ4v) is 2.28. The second-order valence-electron chi connectivity index (χ2n) is 4.91. The number of aliphatic hydroxyl groups is 1. The van der Waals surface area contributed by atoms with Crippen molar-refractivity contribution in [2.24, 2.45) is 0 Å². The molecule has 1 heterocycles. The summed E-state index contributed by atoms with van der Waals surface area (Å²) < 4.78 is 18.2. The molecule has 0 aromatic heterocycles. The van der Waals surface area contributed by atoms with Gasteiger partial charge in [-0.15, -0.1) is 0 Å². The molecule has 0 unspecified atom stereocenters. The first-order valence-electron chi connectivity index (χ1n) is 6.77. The lowest BCUT2D eigenvalue weighted by molar-refractivity contribution is 0.0149. The maximum atomic E-state index is 13.0. The van der Waals surface area contributed by atoms with Gasteiger partial charge in [0.15, 0.2) is 0 Å². The van der Waals surface area contributed by atoms with Gasteiger partial charge in [0.25, 0.3) is 5.91 Å². The first kappa shape index (κ1) is 16.2. The predicted molar refractivity (Wildman–Crippen MR) is 77.0 cm³/mol. The van der Waals surface area contributed by atoms with Crippen LogP contribution in [0.15, 0.2) is 18.2 Å². The van der Waals surface area contributed by atoms with Gasteiger partial charge in [-0.1, -0.05) is 11.6 Å². The van der Waals surface area contributed by atoms with Gasteiger partial charge in [-0.25, -0.2) is 4.39 Å². The molecule has 0 bridgehead atoms. The van der Waals surface area contributed by atoms with E-state index in [0.717, 1.165) is 19.2 Å². The van der Waals surface area contributed by atoms with Crippen molar-refractivity contribution in [2.75, 3.05) is 39.4 Å². The van der Waals surface area contributed by atoms with E-state index in [2.05, 4.69) is 10.2 Å². The molecule has 2 N–H and O–H groups in total. The van der Waals surface area contributed by atoms with Crippen molar-refractivity contribution in [3.8, 4) is 0 Å². The smallest absolute Gasteiger partial charge is 0.251 e. The molecule has 1 aliphatic rings. The molecule has 1 fully saturated rings. The molecule has 0 aliphatic carbocycles. The minimum absolute atomic E-state index is 0.100. The van der Waals surface area contributed by atoms with Gasteiger partial charge in [0.1, 0.15) is 5.82 Å². The largest absolute Gasteiger partial charge is 0.390 e. The lowest BCUT2D eigenvalue weighted by Gasteiger charge is -2.28. The van der Waals surface area contributed by atoms with E-state index in [0.29, 0.717) is 19.8 Å². The molecule has 1 atom stereocenters. The number of carbonyl (C=O) groups is 1. The normalized spacial score (nSPS) is 17.5. The number of rotatable bonds is 5. The number of benzene rings is 1. The number of β-amino-alcohol motifs (C(OH)–C–C–N with tert-alkyl or cyclic N) is 1. The van der Waals surface area contributed by atoms with Gasteiger partial charge in [0.05, 0.1) is 24.3 Å². The lowest BCUT2D eigenvalue weighted by atomic mass is 10.2. The van der Waals surface area contributed by atoms with Crippen LogP contribution >= 0.6 is 11.6 Å². The number of nitrogens with one attached hydrogen (secondary N) is 1. The van der Waals surface area contributed by atoms with Crippen molar-refractivity contribution < 1.29 is 19.0 Å². The Hall–Kier alpha value is -1.21. The molecule has 0 radical (unpaired) electrons. The van der Waals surface area contributed by atoms with E-state index in [9.17, 15) is 14.3 Å². The number of carbonyl (C=O) groups excluding carboxylic acids is 1. The number of nitrogens with zero attached hydrogens (tertiary/aromatic N) is 1. The van der Waals surface area contributed by atoms with Crippen LogP contribution in [-0.4, -0.2) is 61.4 Å². The van der Waals surface area contributed by atoms with E-state index in [1.54, 1.807) is 0 Å². The predicted octanol–water partition coefficient (Wildman–Crippen LogP) is 0.902. The number of amides is 1. The molecule has 2 rings (SSSR count). The van der Waals surface area contributed by atoms with Crippen molar-refractivity contribution >= 4 is 17.5 Å². The van der Waals surface area contributed by atoms with Crippen molar-refractivity contribution in [1.82, 2.24) is 10.2 Å². The van der Waals surface area contributed by atoms with Crippen molar-refractivity contribution in [3.63, 3.8) is 0 Å². The highest BCUT2D eigenvalue weighted by Crippen LogP contribution is 2.15. The number of halogens is 2. The van der Waals surface area contributed by atoms with Gasteiger partial charge >= 0.3 is 0 Å². The number of morpholine rings is 1. The quantitative estimate of drug-likeness (QED) is 0.847. The molecule has 7 heteroatoms. The van der Waals surface area contributed by atoms with Crippen LogP contribution in [0.4, 0.5) is 4.39 Å². The number of hydrogen-bond donors (Lipinski definition) is 2. The summed E-state index contributed by atoms with van der Waals surface area (Å²) in [5, 5.41) is 12.4. The Morgan fingerprint density at radius 3 is 2.86 bits per heavy atom. The van der Waals surface area contributed by atoms with E-state index in [-0.39, 0.29) is 17.1 Å². The average Bonchev–Trinajstić information content (AvgIpc) is 2.48. The first-order chi connectivity index (χ1) is 10.1. The Labute approximate surface area is 127 Å². The first-order valence-corrected chi connectivity index (χ1v) is 7.15. The molecule has 0 spiro atoms. The second-order valence-corrected chi connectivity index (χ2v) is 5.31. The SMILES string of the molecule is O=C(NC[C@H](O)CN1CCOCC1)c1ccc(F)c(Cl)c1. The highest BCUT2D eigenvalue weighted by Gasteiger charge is 2.16. The van der Waals surface area contributed by atoms with Crippen LogP contribution in [0.3, 0.4) is 0 Å². The van der Waals surface area contributed by atoms with E-state index in [1.165, 1.54) is 12.1 Å². The van der Waals surface area contributed by atoms with E-state index in [4.69, 9.17) is 16.3 Å². The number of hydrogen-bond acceptors (Lipinski definition) is 4. The summed E-state index contributed by atoms with van der Waals surface area (Å²) in [6.45, 7) is 3.48. The molecule has 5 nitrogen and oxygen atoms in total. The van der Waals surface area contributed by atoms with Crippen molar-refractivity contribution in [1.29, 1.82) is 0 Å². The number of aliphatic hydroxyl groups excluding tert-OH is 1. The highest BCUT2D eigenvalue weighted by molar-refractivity contribution is 6.31. The maximum Gasteiger partial charge on any atom is 0.251 e. The van der Waals surface area contributed by atoms with Crippen LogP contribution in [0, 0.1) is 5.82 Å². The molecule has 1 amide bonds. The summed E-state index contributed by atoms with van der Waals surface area (Å²) >= 11 is 5.63. The molecule has 1 aromatic carbocycles. The zero-order valence-corrected chi connectivity index (χ0v) is 12.3. The minimum atomic E-state index is -0.664. The third kappa shape index (κ3) is 4.93. The van der Waals surface area contributed by atoms with Crippen LogP contribution in [-0.2, 0) is 4.74 Å². The summed E-state index contributed by atoms with van der Waals surface area (Å²) in [5.41, 5.74) is 0.264. The Morgan fingerprint density at radius 2 is 2.19 bits per heavy atom. The summed E-state index contributed by atoms with van der Waals surface area (Å²) in [5.74, 6) is -0.960. The summed E-state index contributed by atoms with van der Waals surface area (Å²) in [7, 11) is 0. The standard InChI is InChI=1S/C14H18ClFN2O3/c15-12-7-10(1-2-13(12)16)14(20)17-8-11(19)9-18-3-5-21-6-4-18/h1-2,7,11,19H,3-6,8-9H2,(H,17,20)/t11-/m0/s1. The van der Waals surface area contributed by atoms with Crippen molar-refractivity contribution in [3.05, 3.63) is 34.6 Å². The molecule has 1 aliphatic heterocycles. The van der Waals surface area contributed by atoms with Gasteiger partial charge < -0.3 is 15.2 Å². The van der Waals surface area contributed by atoms with Gasteiger partial charge in [0, 0.05) is 31.7 Å². The highest BCUT2D eigenvalue weighted by atomic mass is 35.5. The van der Waals surface area contributed by atoms with Crippen LogP contribution in [0.5, 0.6) is 0 Å². The fraction of sp³-hybridized carbons (Fsp3) is 0.500. The van der Waals surface area contributed by atoms with Crippen molar-refractivity contribution in [2.45, 2.75) is 6.10 Å². The van der Waals surface area contributed by atoms with Gasteiger partial charge in [-0.2, -0.15) is 0 Å². The van der Waals surface area contributed by atoms with E-state index >= 15 is 0 Å². The lowest BCUT2D eigenvalue weighted by Crippen LogP contribution is -2.44. The zero-order valence-electron chi connectivity index (χ0n) is 11.5. The fourth-order valence-electron chi connectivity index (χ4n) is 2.10. The summed E-state index contributed by atoms with van der Waals surface area (Å²) in [6.07, 6.45) is -0.664. The summed E-state index contributed by atoms with van der Waals surface area (Å²) in [4.78, 5) is 13.9. The second kappa shape index (κ2) is 7.70. The maximum absolute atomic E-state index is 13.0. The molecular weight excluding hydrogens is 299 g/mol. The van der Waals surface area contributed by atoms with Crippen LogP contribution in [0.1, 0.15) is 10.4 Å². The minimum Gasteiger partial charge on any atom is -0.390 e. The molecule has 0 saturated carbocycles. The molecule has 21 heavy (non-hydrogen) atoms. The monoisotopic (exact) mass is 316 g/mol. The van der Waals surface area contributed by atoms with Crippen LogP contribution < -0.4 is 5.32 Å². The van der Waals surface area contributed by atoms with E-state index < -0.39 is 17.8 Å². The summed E-state index contributed by atoms with van der Waals surface area (Å²) in [6, 6.07) is 3.76. The van der Waals surface area contributed by atoms with E-state index in [1.807, 2.05) is 0 Å². The molecule has 1 aromatic rings. The molecule has 1 saturated heterocycles. The van der Waals surface area contributed by atoms with Gasteiger partial charge in [0.2, 0.25) is 0 Å². The Bertz CT molecular complexity index is 495.